The van der Waals surface area contributed by atoms with Crippen LogP contribution in [0, 0.1) is 17.0 Å². The van der Waals surface area contributed by atoms with Gasteiger partial charge in [-0.05, 0) is 19.1 Å². The number of anilines is 3. The number of nitrogens with one attached hydrogen (secondary N) is 1. The number of hydrogen-bond donors (Lipinski definition) is 1. The minimum Gasteiger partial charge on any atom is -0.367 e. The molecule has 0 amide bonds. The first-order valence-corrected chi connectivity index (χ1v) is 6.02. The second-order valence-electron chi connectivity index (χ2n) is 4.30. The molecule has 0 aliphatic carbocycles. The van der Waals surface area contributed by atoms with Crippen LogP contribution in [0.15, 0.2) is 30.6 Å². The molecule has 1 heterocycles. The van der Waals surface area contributed by atoms with Gasteiger partial charge in [0.1, 0.15) is 6.33 Å². The molecule has 0 spiro atoms. The first-order valence-electron chi connectivity index (χ1n) is 6.02. The van der Waals surface area contributed by atoms with Crippen LogP contribution in [0.25, 0.3) is 0 Å². The smallest absolute Gasteiger partial charge is 0.353 e. The Morgan fingerprint density at radius 3 is 2.45 bits per heavy atom. The van der Waals surface area contributed by atoms with Crippen LogP contribution in [-0.4, -0.2) is 29.0 Å². The van der Waals surface area contributed by atoms with Crippen molar-refractivity contribution in [1.82, 2.24) is 9.97 Å². The summed E-state index contributed by atoms with van der Waals surface area (Å²) in [5.74, 6) is 0.442. The fourth-order valence-electron chi connectivity index (χ4n) is 1.86. The Bertz CT molecular complexity index is 627. The van der Waals surface area contributed by atoms with E-state index in [4.69, 9.17) is 0 Å². The lowest BCUT2D eigenvalue weighted by Crippen LogP contribution is -2.15. The van der Waals surface area contributed by atoms with E-state index >= 15 is 0 Å². The average molecular weight is 273 g/mol. The number of rotatable bonds is 4. The molecule has 0 saturated heterocycles. The van der Waals surface area contributed by atoms with E-state index in [9.17, 15) is 10.1 Å². The van der Waals surface area contributed by atoms with Crippen molar-refractivity contribution in [2.45, 2.75) is 6.92 Å². The van der Waals surface area contributed by atoms with E-state index in [0.717, 1.165) is 11.3 Å². The Kier molecular flexibility index (Phi) is 3.79. The third-order valence-electron chi connectivity index (χ3n) is 2.96. The molecule has 20 heavy (non-hydrogen) atoms. The summed E-state index contributed by atoms with van der Waals surface area (Å²) in [5, 5.41) is 14.0. The summed E-state index contributed by atoms with van der Waals surface area (Å²) in [7, 11) is 3.32. The fourth-order valence-corrected chi connectivity index (χ4v) is 1.86. The van der Waals surface area contributed by atoms with Crippen molar-refractivity contribution in [3.63, 3.8) is 0 Å². The maximum Gasteiger partial charge on any atom is 0.353 e. The summed E-state index contributed by atoms with van der Waals surface area (Å²) in [6.45, 7) is 1.98. The zero-order chi connectivity index (χ0) is 14.7. The average Bonchev–Trinajstić information content (AvgIpc) is 2.46. The molecule has 0 saturated carbocycles. The van der Waals surface area contributed by atoms with Gasteiger partial charge < -0.3 is 10.2 Å². The van der Waals surface area contributed by atoms with E-state index in [0.29, 0.717) is 0 Å². The molecule has 1 N–H and O–H groups in total. The first kappa shape index (κ1) is 13.7. The predicted molar refractivity (Wildman–Crippen MR) is 77.5 cm³/mol. The van der Waals surface area contributed by atoms with Gasteiger partial charge in [0, 0.05) is 19.8 Å². The van der Waals surface area contributed by atoms with Gasteiger partial charge in [-0.25, -0.2) is 9.97 Å². The molecule has 0 atom stereocenters. The quantitative estimate of drug-likeness (QED) is 0.680. The minimum absolute atomic E-state index is 0.141. The number of aromatic nitrogens is 2. The standard InChI is InChI=1S/C13H15N5O2/c1-9-4-6-10(7-5-9)17(3)13-11(18(19)20)12(14-2)15-8-16-13/h4-8H,1-3H3,(H,14,15,16). The Labute approximate surface area is 116 Å². The molecule has 104 valence electrons. The monoisotopic (exact) mass is 273 g/mol. The van der Waals surface area contributed by atoms with Crippen LogP contribution >= 0.6 is 0 Å². The minimum atomic E-state index is -0.480. The van der Waals surface area contributed by atoms with Gasteiger partial charge >= 0.3 is 5.69 Å². The molecule has 7 heteroatoms. The van der Waals surface area contributed by atoms with Crippen LogP contribution in [0.5, 0.6) is 0 Å². The van der Waals surface area contributed by atoms with E-state index in [1.54, 1.807) is 19.0 Å². The molecule has 0 unspecified atom stereocenters. The molecule has 1 aromatic carbocycles. The van der Waals surface area contributed by atoms with Crippen molar-refractivity contribution in [1.29, 1.82) is 0 Å². The van der Waals surface area contributed by atoms with Gasteiger partial charge in [-0.1, -0.05) is 17.7 Å². The lowest BCUT2D eigenvalue weighted by Gasteiger charge is -2.18. The van der Waals surface area contributed by atoms with E-state index in [-0.39, 0.29) is 17.3 Å². The van der Waals surface area contributed by atoms with Gasteiger partial charge in [0.25, 0.3) is 0 Å². The van der Waals surface area contributed by atoms with Crippen molar-refractivity contribution in [2.75, 3.05) is 24.3 Å². The molecule has 0 fully saturated rings. The highest BCUT2D eigenvalue weighted by Crippen LogP contribution is 2.34. The predicted octanol–water partition coefficient (Wildman–Crippen LogP) is 2.50. The summed E-state index contributed by atoms with van der Waals surface area (Å²) < 4.78 is 0. The van der Waals surface area contributed by atoms with Crippen molar-refractivity contribution in [2.24, 2.45) is 0 Å². The summed E-state index contributed by atoms with van der Waals surface area (Å²) in [5.41, 5.74) is 1.80. The van der Waals surface area contributed by atoms with E-state index in [1.807, 2.05) is 31.2 Å². The van der Waals surface area contributed by atoms with Crippen LogP contribution in [0.1, 0.15) is 5.56 Å². The summed E-state index contributed by atoms with van der Waals surface area (Å²) in [4.78, 5) is 20.4. The van der Waals surface area contributed by atoms with Gasteiger partial charge in [-0.15, -0.1) is 0 Å². The fraction of sp³-hybridized carbons (Fsp3) is 0.231. The Hall–Kier alpha value is -2.70. The first-order chi connectivity index (χ1) is 9.54. The number of hydrogen-bond acceptors (Lipinski definition) is 6. The van der Waals surface area contributed by atoms with E-state index in [2.05, 4.69) is 15.3 Å². The van der Waals surface area contributed by atoms with Gasteiger partial charge in [0.2, 0.25) is 11.6 Å². The summed E-state index contributed by atoms with van der Waals surface area (Å²) in [6, 6.07) is 7.66. The topological polar surface area (TPSA) is 84.2 Å². The molecule has 0 radical (unpaired) electrons. The number of benzene rings is 1. The van der Waals surface area contributed by atoms with Crippen LogP contribution in [0.2, 0.25) is 0 Å². The molecule has 1 aromatic heterocycles. The molecule has 7 nitrogen and oxygen atoms in total. The van der Waals surface area contributed by atoms with Gasteiger partial charge in [0.05, 0.1) is 4.92 Å². The SMILES string of the molecule is CNc1ncnc(N(C)c2ccc(C)cc2)c1[N+](=O)[O-]. The summed E-state index contributed by atoms with van der Waals surface area (Å²) in [6.07, 6.45) is 1.30. The number of nitro groups is 1. The van der Waals surface area contributed by atoms with Gasteiger partial charge in [-0.2, -0.15) is 0 Å². The van der Waals surface area contributed by atoms with Gasteiger partial charge in [-0.3, -0.25) is 10.1 Å². The molecule has 0 bridgehead atoms. The maximum absolute atomic E-state index is 11.3. The molecular weight excluding hydrogens is 258 g/mol. The summed E-state index contributed by atoms with van der Waals surface area (Å²) >= 11 is 0. The normalized spacial score (nSPS) is 10.2. The van der Waals surface area contributed by atoms with Crippen LogP contribution < -0.4 is 10.2 Å². The third kappa shape index (κ3) is 2.51. The molecule has 0 aliphatic heterocycles. The van der Waals surface area contributed by atoms with Crippen LogP contribution in [-0.2, 0) is 0 Å². The van der Waals surface area contributed by atoms with Crippen molar-refractivity contribution in [3.05, 3.63) is 46.3 Å². The Balaban J connectivity index is 2.51. The molecule has 2 rings (SSSR count). The molecule has 0 aliphatic rings. The highest BCUT2D eigenvalue weighted by molar-refractivity contribution is 5.75. The largest absolute Gasteiger partial charge is 0.367 e. The maximum atomic E-state index is 11.3. The lowest BCUT2D eigenvalue weighted by atomic mass is 10.2. The van der Waals surface area contributed by atoms with Crippen molar-refractivity contribution < 1.29 is 4.92 Å². The highest BCUT2D eigenvalue weighted by Gasteiger charge is 2.25. The number of aryl methyl sites for hydroxylation is 1. The molecular formula is C13H15N5O2. The zero-order valence-corrected chi connectivity index (χ0v) is 11.5. The Morgan fingerprint density at radius 2 is 1.90 bits per heavy atom. The van der Waals surface area contributed by atoms with Crippen LogP contribution in [0.4, 0.5) is 23.0 Å². The van der Waals surface area contributed by atoms with E-state index < -0.39 is 4.92 Å². The highest BCUT2D eigenvalue weighted by atomic mass is 16.6. The Morgan fingerprint density at radius 1 is 1.25 bits per heavy atom. The zero-order valence-electron chi connectivity index (χ0n) is 11.5. The third-order valence-corrected chi connectivity index (χ3v) is 2.96. The number of nitrogens with zero attached hydrogens (tertiary/aromatic N) is 4. The van der Waals surface area contributed by atoms with Crippen molar-refractivity contribution in [3.8, 4) is 0 Å². The second kappa shape index (κ2) is 5.52. The van der Waals surface area contributed by atoms with Crippen LogP contribution in [0.3, 0.4) is 0 Å². The van der Waals surface area contributed by atoms with E-state index in [1.165, 1.54) is 6.33 Å². The molecule has 2 aromatic rings. The lowest BCUT2D eigenvalue weighted by molar-refractivity contribution is -0.383. The van der Waals surface area contributed by atoms with Crippen molar-refractivity contribution >= 4 is 23.0 Å². The van der Waals surface area contributed by atoms with Gasteiger partial charge in [0.15, 0.2) is 0 Å². The second-order valence-corrected chi connectivity index (χ2v) is 4.30.